The number of rotatable bonds is 2. The molecule has 1 aromatic carbocycles. The molecular formula is C13H11BrF4N2O2. The molecule has 1 aromatic rings. The lowest BCUT2D eigenvalue weighted by Crippen LogP contribution is -2.59. The van der Waals surface area contributed by atoms with Crippen LogP contribution < -0.4 is 5.32 Å². The van der Waals surface area contributed by atoms with E-state index in [9.17, 15) is 27.2 Å². The monoisotopic (exact) mass is 382 g/mol. The Labute approximate surface area is 131 Å². The molecule has 0 aliphatic carbocycles. The zero-order valence-corrected chi connectivity index (χ0v) is 12.8. The van der Waals surface area contributed by atoms with E-state index < -0.39 is 52.5 Å². The Kier molecular flexibility index (Phi) is 4.46. The molecule has 2 rings (SSSR count). The summed E-state index contributed by atoms with van der Waals surface area (Å²) in [6, 6.07) is 1.03. The van der Waals surface area contributed by atoms with Crippen molar-refractivity contribution in [2.24, 2.45) is 0 Å². The van der Waals surface area contributed by atoms with Gasteiger partial charge < -0.3 is 4.90 Å². The van der Waals surface area contributed by atoms with Crippen LogP contribution in [-0.4, -0.2) is 27.7 Å². The van der Waals surface area contributed by atoms with Gasteiger partial charge in [0.1, 0.15) is 10.6 Å². The van der Waals surface area contributed by atoms with Crippen molar-refractivity contribution in [3.05, 3.63) is 35.1 Å². The fourth-order valence-corrected chi connectivity index (χ4v) is 2.58. The molecule has 120 valence electrons. The molecule has 1 saturated heterocycles. The van der Waals surface area contributed by atoms with E-state index in [1.807, 2.05) is 5.32 Å². The maximum Gasteiger partial charge on any atom is 0.416 e. The first-order valence-corrected chi connectivity index (χ1v) is 7.14. The van der Waals surface area contributed by atoms with Crippen LogP contribution in [0.4, 0.5) is 22.4 Å². The number of nitrogens with zero attached hydrogens (tertiary/aromatic N) is 1. The summed E-state index contributed by atoms with van der Waals surface area (Å²) in [5, 5.41) is 2.00. The molecule has 3 amide bonds. The zero-order chi connectivity index (χ0) is 16.7. The van der Waals surface area contributed by atoms with Crippen LogP contribution in [0.15, 0.2) is 18.2 Å². The number of carbonyl (C=O) groups excluding carboxylic acids is 2. The van der Waals surface area contributed by atoms with E-state index in [-0.39, 0.29) is 0 Å². The lowest BCUT2D eigenvalue weighted by Gasteiger charge is -2.36. The van der Waals surface area contributed by atoms with Crippen LogP contribution >= 0.6 is 15.9 Å². The van der Waals surface area contributed by atoms with Crippen molar-refractivity contribution >= 4 is 27.9 Å². The van der Waals surface area contributed by atoms with Gasteiger partial charge in [-0.2, -0.15) is 13.2 Å². The molecule has 0 bridgehead atoms. The molecule has 0 radical (unpaired) electrons. The van der Waals surface area contributed by atoms with Crippen LogP contribution in [0.2, 0.25) is 0 Å². The Hall–Kier alpha value is -1.64. The fraction of sp³-hybridized carbons (Fsp3) is 0.385. The van der Waals surface area contributed by atoms with E-state index in [2.05, 4.69) is 15.9 Å². The minimum atomic E-state index is -4.74. The number of amides is 3. The van der Waals surface area contributed by atoms with Gasteiger partial charge in [0.15, 0.2) is 0 Å². The lowest BCUT2D eigenvalue weighted by molar-refractivity contribution is -0.138. The number of benzene rings is 1. The average Bonchev–Trinajstić information content (AvgIpc) is 2.41. The van der Waals surface area contributed by atoms with Gasteiger partial charge in [-0.3, -0.25) is 10.1 Å². The molecule has 0 aromatic heterocycles. The van der Waals surface area contributed by atoms with Crippen molar-refractivity contribution in [3.8, 4) is 0 Å². The first kappa shape index (κ1) is 16.7. The first-order chi connectivity index (χ1) is 10.1. The highest BCUT2D eigenvalue weighted by Gasteiger charge is 2.40. The maximum absolute atomic E-state index is 13.8. The van der Waals surface area contributed by atoms with E-state index >= 15 is 0 Å². The van der Waals surface area contributed by atoms with Gasteiger partial charge in [0.2, 0.25) is 5.91 Å². The van der Waals surface area contributed by atoms with Gasteiger partial charge in [0.05, 0.1) is 18.2 Å². The van der Waals surface area contributed by atoms with Crippen molar-refractivity contribution in [2.75, 3.05) is 0 Å². The van der Waals surface area contributed by atoms with E-state index in [1.165, 1.54) is 6.92 Å². The molecule has 2 atom stereocenters. The van der Waals surface area contributed by atoms with Crippen LogP contribution in [0.3, 0.4) is 0 Å². The Morgan fingerprint density at radius 1 is 1.32 bits per heavy atom. The summed E-state index contributed by atoms with van der Waals surface area (Å²) < 4.78 is 52.7. The minimum absolute atomic E-state index is 0.585. The molecule has 1 N–H and O–H groups in total. The molecule has 9 heteroatoms. The summed E-state index contributed by atoms with van der Waals surface area (Å²) in [5.41, 5.74) is -1.78. The number of carbonyl (C=O) groups is 2. The van der Waals surface area contributed by atoms with E-state index in [1.54, 1.807) is 0 Å². The number of urea groups is 1. The van der Waals surface area contributed by atoms with Gasteiger partial charge in [-0.1, -0.05) is 22.0 Å². The predicted octanol–water partition coefficient (Wildman–Crippen LogP) is 3.05. The van der Waals surface area contributed by atoms with Gasteiger partial charge in [0, 0.05) is 5.56 Å². The van der Waals surface area contributed by atoms with Crippen LogP contribution in [-0.2, 0) is 17.5 Å². The smallest absolute Gasteiger partial charge is 0.316 e. The Morgan fingerprint density at radius 3 is 2.55 bits per heavy atom. The highest BCUT2D eigenvalue weighted by molar-refractivity contribution is 9.10. The summed E-state index contributed by atoms with van der Waals surface area (Å²) >= 11 is 3.05. The molecule has 1 aliphatic heterocycles. The second-order valence-electron chi connectivity index (χ2n) is 4.83. The zero-order valence-electron chi connectivity index (χ0n) is 11.2. The van der Waals surface area contributed by atoms with Crippen LogP contribution in [0.5, 0.6) is 0 Å². The number of hydrogen-bond acceptors (Lipinski definition) is 2. The summed E-state index contributed by atoms with van der Waals surface area (Å²) in [4.78, 5) is 23.4. The van der Waals surface area contributed by atoms with Gasteiger partial charge in [-0.05, 0) is 19.1 Å². The third-order valence-electron chi connectivity index (χ3n) is 3.41. The predicted molar refractivity (Wildman–Crippen MR) is 72.7 cm³/mol. The van der Waals surface area contributed by atoms with Crippen LogP contribution in [0, 0.1) is 5.82 Å². The number of imide groups is 1. The largest absolute Gasteiger partial charge is 0.416 e. The second-order valence-corrected chi connectivity index (χ2v) is 5.81. The highest BCUT2D eigenvalue weighted by atomic mass is 79.9. The van der Waals surface area contributed by atoms with E-state index in [0.29, 0.717) is 0 Å². The third kappa shape index (κ3) is 3.08. The van der Waals surface area contributed by atoms with E-state index in [0.717, 1.165) is 23.1 Å². The van der Waals surface area contributed by atoms with Crippen molar-refractivity contribution in [2.45, 2.75) is 30.5 Å². The van der Waals surface area contributed by atoms with Gasteiger partial charge in [-0.25, -0.2) is 9.18 Å². The number of alkyl halides is 4. The number of nitrogens with one attached hydrogen (secondary N) is 1. The van der Waals surface area contributed by atoms with Crippen LogP contribution in [0.1, 0.15) is 18.1 Å². The van der Waals surface area contributed by atoms with Crippen molar-refractivity contribution in [1.29, 1.82) is 0 Å². The normalized spacial score (nSPS) is 22.7. The minimum Gasteiger partial charge on any atom is -0.316 e. The molecule has 0 saturated carbocycles. The summed E-state index contributed by atoms with van der Waals surface area (Å²) in [6.45, 7) is 0.897. The Morgan fingerprint density at radius 2 is 1.95 bits per heavy atom. The SMILES string of the molecule is CC1C(Br)C(=O)NC(=O)N1Cc1c(F)cccc1C(F)(F)F. The molecule has 2 unspecified atom stereocenters. The standard InChI is InChI=1S/C13H11BrF4N2O2/c1-6-10(14)11(21)19-12(22)20(6)5-7-8(13(16,17)18)3-2-4-9(7)15/h2-4,6,10H,5H2,1H3,(H,19,21,22). The molecule has 1 fully saturated rings. The van der Waals surface area contributed by atoms with Crippen molar-refractivity contribution in [1.82, 2.24) is 10.2 Å². The lowest BCUT2D eigenvalue weighted by atomic mass is 10.0. The molecule has 1 aliphatic rings. The number of hydrogen-bond donors (Lipinski definition) is 1. The third-order valence-corrected chi connectivity index (χ3v) is 4.59. The van der Waals surface area contributed by atoms with E-state index in [4.69, 9.17) is 0 Å². The number of halogens is 5. The highest BCUT2D eigenvalue weighted by Crippen LogP contribution is 2.34. The Bertz CT molecular complexity index is 621. The molecule has 0 spiro atoms. The fourth-order valence-electron chi connectivity index (χ4n) is 2.18. The first-order valence-electron chi connectivity index (χ1n) is 6.23. The van der Waals surface area contributed by atoms with Crippen molar-refractivity contribution in [3.63, 3.8) is 0 Å². The maximum atomic E-state index is 13.8. The average molecular weight is 383 g/mol. The molecule has 4 nitrogen and oxygen atoms in total. The Balaban J connectivity index is 2.38. The summed E-state index contributed by atoms with van der Waals surface area (Å²) in [7, 11) is 0. The van der Waals surface area contributed by atoms with Gasteiger partial charge >= 0.3 is 12.2 Å². The molecule has 22 heavy (non-hydrogen) atoms. The van der Waals surface area contributed by atoms with Gasteiger partial charge in [0.25, 0.3) is 0 Å². The topological polar surface area (TPSA) is 49.4 Å². The molecule has 1 heterocycles. The van der Waals surface area contributed by atoms with Crippen LogP contribution in [0.25, 0.3) is 0 Å². The second kappa shape index (κ2) is 5.86. The summed E-state index contributed by atoms with van der Waals surface area (Å²) in [5.74, 6) is -1.64. The summed E-state index contributed by atoms with van der Waals surface area (Å²) in [6.07, 6.45) is -4.74. The molecular weight excluding hydrogens is 372 g/mol. The van der Waals surface area contributed by atoms with Gasteiger partial charge in [-0.15, -0.1) is 0 Å². The quantitative estimate of drug-likeness (QED) is 0.631. The van der Waals surface area contributed by atoms with Crippen molar-refractivity contribution < 1.29 is 27.2 Å².